The second-order valence-electron chi connectivity index (χ2n) is 8.33. The lowest BCUT2D eigenvalue weighted by Gasteiger charge is -2.11. The van der Waals surface area contributed by atoms with E-state index in [9.17, 15) is 9.59 Å². The van der Waals surface area contributed by atoms with Crippen molar-refractivity contribution in [1.82, 2.24) is 4.57 Å². The highest BCUT2D eigenvalue weighted by Gasteiger charge is 2.30. The molecule has 0 saturated carbocycles. The highest BCUT2D eigenvalue weighted by Crippen LogP contribution is 2.39. The molecule has 3 aromatic carbocycles. The Morgan fingerprint density at radius 1 is 1.03 bits per heavy atom. The number of esters is 1. The Balaban J connectivity index is 1.31. The molecule has 0 fully saturated rings. The van der Waals surface area contributed by atoms with Crippen LogP contribution in [0.25, 0.3) is 17.0 Å². The van der Waals surface area contributed by atoms with Gasteiger partial charge in [0.15, 0.2) is 12.4 Å². The van der Waals surface area contributed by atoms with Crippen molar-refractivity contribution in [3.8, 4) is 11.5 Å². The molecule has 6 heteroatoms. The molecule has 2 heterocycles. The highest BCUT2D eigenvalue weighted by molar-refractivity contribution is 6.15. The highest BCUT2D eigenvalue weighted by atomic mass is 16.6. The zero-order valence-electron chi connectivity index (χ0n) is 19.6. The average molecular weight is 468 g/mol. The Hall–Kier alpha value is -4.32. The number of para-hydroxylation sites is 1. The van der Waals surface area contributed by atoms with Crippen LogP contribution in [0.4, 0.5) is 0 Å². The quantitative estimate of drug-likeness (QED) is 0.257. The number of benzene rings is 3. The molecule has 0 amide bonds. The first-order valence-corrected chi connectivity index (χ1v) is 11.5. The summed E-state index contributed by atoms with van der Waals surface area (Å²) < 4.78 is 19.1. The molecule has 1 aromatic heterocycles. The molecule has 0 bridgehead atoms. The fourth-order valence-electron chi connectivity index (χ4n) is 4.23. The van der Waals surface area contributed by atoms with Gasteiger partial charge in [0, 0.05) is 34.8 Å². The number of allylic oxidation sites excluding steroid dienone is 1. The second kappa shape index (κ2) is 9.50. The van der Waals surface area contributed by atoms with Crippen LogP contribution < -0.4 is 9.47 Å². The van der Waals surface area contributed by atoms with Crippen molar-refractivity contribution < 1.29 is 23.8 Å². The molecule has 5 rings (SSSR count). The first-order valence-electron chi connectivity index (χ1n) is 11.5. The fraction of sp³-hybridized carbons (Fsp3) is 0.172. The number of hydrogen-bond donors (Lipinski definition) is 0. The first kappa shape index (κ1) is 22.5. The summed E-state index contributed by atoms with van der Waals surface area (Å²) in [5.41, 5.74) is 4.07. The molecular formula is C29H25NO5. The molecular weight excluding hydrogens is 442 g/mol. The molecule has 1 aliphatic heterocycles. The zero-order valence-corrected chi connectivity index (χ0v) is 19.6. The number of rotatable bonds is 7. The normalized spacial score (nSPS) is 13.7. The number of nitrogens with zero attached hydrogens (tertiary/aromatic N) is 1. The number of ether oxygens (including phenoxy) is 3. The van der Waals surface area contributed by atoms with E-state index >= 15 is 0 Å². The number of carbonyl (C=O) groups excluding carboxylic acids is 2. The van der Waals surface area contributed by atoms with E-state index < -0.39 is 5.97 Å². The Morgan fingerprint density at radius 2 is 1.80 bits per heavy atom. The molecule has 4 aromatic rings. The summed E-state index contributed by atoms with van der Waals surface area (Å²) >= 11 is 0. The van der Waals surface area contributed by atoms with E-state index in [0.29, 0.717) is 22.6 Å². The largest absolute Gasteiger partial charge is 0.481 e. The SMILES string of the molecule is CCn1cc(C=C2Oc3c(ccc(OCC(=O)OCc4ccccc4)c3C)C2=O)c2ccccc21. The van der Waals surface area contributed by atoms with Gasteiger partial charge >= 0.3 is 5.97 Å². The number of hydrogen-bond acceptors (Lipinski definition) is 5. The number of aromatic nitrogens is 1. The molecule has 0 N–H and O–H groups in total. The number of aryl methyl sites for hydroxylation is 1. The van der Waals surface area contributed by atoms with Crippen molar-refractivity contribution in [2.45, 2.75) is 27.0 Å². The van der Waals surface area contributed by atoms with E-state index in [0.717, 1.165) is 28.6 Å². The molecule has 0 radical (unpaired) electrons. The minimum absolute atomic E-state index is 0.176. The van der Waals surface area contributed by atoms with Crippen LogP contribution in [-0.2, 0) is 22.7 Å². The number of fused-ring (bicyclic) bond motifs is 2. The zero-order chi connectivity index (χ0) is 24.4. The van der Waals surface area contributed by atoms with Crippen LogP contribution in [0.3, 0.4) is 0 Å². The molecule has 0 unspecified atom stereocenters. The van der Waals surface area contributed by atoms with Gasteiger partial charge in [0.05, 0.1) is 5.56 Å². The Kier molecular flexibility index (Phi) is 6.10. The maximum atomic E-state index is 13.0. The molecule has 0 spiro atoms. The van der Waals surface area contributed by atoms with Crippen LogP contribution in [-0.4, -0.2) is 22.9 Å². The van der Waals surface area contributed by atoms with Gasteiger partial charge in [-0.25, -0.2) is 4.79 Å². The average Bonchev–Trinajstić information content (AvgIpc) is 3.41. The maximum Gasteiger partial charge on any atom is 0.344 e. The van der Waals surface area contributed by atoms with Crippen molar-refractivity contribution in [3.63, 3.8) is 0 Å². The monoisotopic (exact) mass is 467 g/mol. The minimum atomic E-state index is -0.473. The van der Waals surface area contributed by atoms with E-state index in [4.69, 9.17) is 14.2 Å². The summed E-state index contributed by atoms with van der Waals surface area (Å²) in [7, 11) is 0. The van der Waals surface area contributed by atoms with E-state index in [-0.39, 0.29) is 24.8 Å². The molecule has 0 aliphatic carbocycles. The summed E-state index contributed by atoms with van der Waals surface area (Å²) in [5, 5.41) is 1.06. The summed E-state index contributed by atoms with van der Waals surface area (Å²) in [6.45, 7) is 4.67. The van der Waals surface area contributed by atoms with E-state index in [1.807, 2.05) is 61.7 Å². The van der Waals surface area contributed by atoms with Gasteiger partial charge in [-0.1, -0.05) is 48.5 Å². The van der Waals surface area contributed by atoms with Crippen LogP contribution in [0.1, 0.15) is 34.0 Å². The van der Waals surface area contributed by atoms with Gasteiger partial charge in [0.25, 0.3) is 0 Å². The number of carbonyl (C=O) groups is 2. The smallest absolute Gasteiger partial charge is 0.344 e. The van der Waals surface area contributed by atoms with Gasteiger partial charge < -0.3 is 18.8 Å². The summed E-state index contributed by atoms with van der Waals surface area (Å²) in [5.74, 6) is 0.540. The molecule has 1 aliphatic rings. The number of ketones is 1. The summed E-state index contributed by atoms with van der Waals surface area (Å²) in [4.78, 5) is 25.2. The third-order valence-corrected chi connectivity index (χ3v) is 6.07. The minimum Gasteiger partial charge on any atom is -0.481 e. The van der Waals surface area contributed by atoms with E-state index in [2.05, 4.69) is 17.6 Å². The van der Waals surface area contributed by atoms with Gasteiger partial charge in [-0.3, -0.25) is 4.79 Å². The summed E-state index contributed by atoms with van der Waals surface area (Å²) in [6.07, 6.45) is 3.82. The van der Waals surface area contributed by atoms with Gasteiger partial charge in [0.1, 0.15) is 18.1 Å². The van der Waals surface area contributed by atoms with Crippen molar-refractivity contribution >= 4 is 28.7 Å². The molecule has 6 nitrogen and oxygen atoms in total. The van der Waals surface area contributed by atoms with E-state index in [1.165, 1.54) is 0 Å². The van der Waals surface area contributed by atoms with Crippen LogP contribution in [0.2, 0.25) is 0 Å². The predicted octanol–water partition coefficient (Wildman–Crippen LogP) is 5.71. The third-order valence-electron chi connectivity index (χ3n) is 6.07. The third kappa shape index (κ3) is 4.43. The van der Waals surface area contributed by atoms with Crippen molar-refractivity contribution in [2.75, 3.05) is 6.61 Å². The van der Waals surface area contributed by atoms with Gasteiger partial charge in [-0.15, -0.1) is 0 Å². The van der Waals surface area contributed by atoms with Crippen LogP contribution in [0.5, 0.6) is 11.5 Å². The van der Waals surface area contributed by atoms with Crippen LogP contribution in [0.15, 0.2) is 78.7 Å². The second-order valence-corrected chi connectivity index (χ2v) is 8.33. The van der Waals surface area contributed by atoms with Crippen molar-refractivity contribution in [2.24, 2.45) is 0 Å². The number of Topliss-reactive ketones (excluding diaryl/α,β-unsaturated/α-hetero) is 1. The van der Waals surface area contributed by atoms with Gasteiger partial charge in [-0.2, -0.15) is 0 Å². The Labute approximate surface area is 203 Å². The Bertz CT molecular complexity index is 1450. The van der Waals surface area contributed by atoms with Crippen LogP contribution >= 0.6 is 0 Å². The van der Waals surface area contributed by atoms with Crippen molar-refractivity contribution in [3.05, 3.63) is 101 Å². The Morgan fingerprint density at radius 3 is 2.60 bits per heavy atom. The predicted molar refractivity (Wildman–Crippen MR) is 133 cm³/mol. The lowest BCUT2D eigenvalue weighted by atomic mass is 10.1. The topological polar surface area (TPSA) is 66.8 Å². The van der Waals surface area contributed by atoms with E-state index in [1.54, 1.807) is 18.2 Å². The first-order chi connectivity index (χ1) is 17.0. The van der Waals surface area contributed by atoms with Crippen molar-refractivity contribution in [1.29, 1.82) is 0 Å². The standard InChI is InChI=1S/C29H25NO5/c1-3-30-16-21(22-11-7-8-12-24(22)30)15-26-28(32)23-13-14-25(19(2)29(23)35-26)33-18-27(31)34-17-20-9-5-4-6-10-20/h4-16H,3,17-18H2,1-2H3. The lowest BCUT2D eigenvalue weighted by molar-refractivity contribution is -0.147. The molecule has 0 atom stereocenters. The fourth-order valence-corrected chi connectivity index (χ4v) is 4.23. The van der Waals surface area contributed by atoms with Gasteiger partial charge in [0.2, 0.25) is 5.78 Å². The maximum absolute atomic E-state index is 13.0. The molecule has 0 saturated heterocycles. The molecule has 35 heavy (non-hydrogen) atoms. The summed E-state index contributed by atoms with van der Waals surface area (Å²) in [6, 6.07) is 20.9. The van der Waals surface area contributed by atoms with Crippen LogP contribution in [0, 0.1) is 6.92 Å². The lowest BCUT2D eigenvalue weighted by Crippen LogP contribution is -2.15. The van der Waals surface area contributed by atoms with Gasteiger partial charge in [-0.05, 0) is 43.7 Å². The molecule has 176 valence electrons.